The largest absolute Gasteiger partial charge is 0.494 e. The molecule has 1 aliphatic rings. The van der Waals surface area contributed by atoms with E-state index in [0.717, 1.165) is 37.1 Å². The van der Waals surface area contributed by atoms with Crippen LogP contribution in [0.15, 0.2) is 41.7 Å². The molecule has 2 heterocycles. The number of nitrogens with two attached hydrogens (primary N) is 1. The van der Waals surface area contributed by atoms with Gasteiger partial charge in [0, 0.05) is 30.3 Å². The highest BCUT2D eigenvalue weighted by atomic mass is 16.5. The lowest BCUT2D eigenvalue weighted by atomic mass is 9.87. The van der Waals surface area contributed by atoms with Crippen molar-refractivity contribution in [3.8, 4) is 5.75 Å². The number of aromatic nitrogens is 4. The van der Waals surface area contributed by atoms with Crippen molar-refractivity contribution in [1.29, 1.82) is 0 Å². The van der Waals surface area contributed by atoms with Crippen LogP contribution in [0.25, 0.3) is 5.65 Å². The van der Waals surface area contributed by atoms with E-state index in [1.807, 2.05) is 37.4 Å². The number of rotatable bonds is 6. The molecule has 0 spiro atoms. The molecule has 0 bridgehead atoms. The summed E-state index contributed by atoms with van der Waals surface area (Å²) in [5.74, 6) is 2.29. The third-order valence-corrected chi connectivity index (χ3v) is 4.89. The van der Waals surface area contributed by atoms with Gasteiger partial charge in [-0.25, -0.2) is 14.5 Å². The summed E-state index contributed by atoms with van der Waals surface area (Å²) in [5, 5.41) is 7.74. The third kappa shape index (κ3) is 4.28. The van der Waals surface area contributed by atoms with E-state index >= 15 is 0 Å². The van der Waals surface area contributed by atoms with Crippen LogP contribution < -0.4 is 15.8 Å². The normalized spacial score (nSPS) is 19.9. The minimum absolute atomic E-state index is 0.327. The number of ether oxygens (including phenoxy) is 1. The zero-order valence-corrected chi connectivity index (χ0v) is 16.0. The van der Waals surface area contributed by atoms with Gasteiger partial charge in [-0.15, -0.1) is 5.10 Å². The number of hydrogen-bond acceptors (Lipinski definition) is 7. The maximum absolute atomic E-state index is 5.98. The summed E-state index contributed by atoms with van der Waals surface area (Å²) < 4.78 is 7.18. The van der Waals surface area contributed by atoms with Crippen LogP contribution in [0.3, 0.4) is 0 Å². The second-order valence-corrected chi connectivity index (χ2v) is 6.99. The van der Waals surface area contributed by atoms with Crippen LogP contribution in [-0.2, 0) is 0 Å². The Bertz CT molecular complexity index is 943. The van der Waals surface area contributed by atoms with E-state index in [0.29, 0.717) is 36.0 Å². The zero-order chi connectivity index (χ0) is 19.3. The molecule has 1 aromatic carbocycles. The quantitative estimate of drug-likeness (QED) is 0.636. The van der Waals surface area contributed by atoms with E-state index in [-0.39, 0.29) is 0 Å². The molecule has 0 saturated heterocycles. The van der Waals surface area contributed by atoms with Gasteiger partial charge in [0.15, 0.2) is 11.5 Å². The fourth-order valence-corrected chi connectivity index (χ4v) is 3.36. The molecule has 0 aliphatic heterocycles. The minimum atomic E-state index is 0.327. The van der Waals surface area contributed by atoms with Gasteiger partial charge in [-0.3, -0.25) is 0 Å². The molecule has 3 aromatic rings. The fraction of sp³-hybridized carbons (Fsp3) is 0.400. The Labute approximate surface area is 163 Å². The van der Waals surface area contributed by atoms with Crippen molar-refractivity contribution in [2.45, 2.75) is 38.6 Å². The number of anilines is 2. The summed E-state index contributed by atoms with van der Waals surface area (Å²) in [6.07, 6.45) is 9.67. The van der Waals surface area contributed by atoms with E-state index < -0.39 is 0 Å². The molecule has 146 valence electrons. The van der Waals surface area contributed by atoms with Crippen molar-refractivity contribution < 1.29 is 4.74 Å². The van der Waals surface area contributed by atoms with Gasteiger partial charge in [-0.05, 0) is 62.8 Å². The third-order valence-electron chi connectivity index (χ3n) is 4.89. The molecule has 1 fully saturated rings. The molecule has 8 heteroatoms. The van der Waals surface area contributed by atoms with E-state index in [1.165, 1.54) is 0 Å². The average molecular weight is 379 g/mol. The van der Waals surface area contributed by atoms with Gasteiger partial charge < -0.3 is 15.8 Å². The van der Waals surface area contributed by atoms with Crippen LogP contribution in [0, 0.1) is 5.92 Å². The second kappa shape index (κ2) is 8.35. The van der Waals surface area contributed by atoms with Gasteiger partial charge in [0.25, 0.3) is 5.95 Å². The number of nitrogens with zero attached hydrogens (tertiary/aromatic N) is 5. The van der Waals surface area contributed by atoms with Crippen molar-refractivity contribution in [3.05, 3.63) is 36.7 Å². The van der Waals surface area contributed by atoms with Crippen LogP contribution in [0.5, 0.6) is 5.75 Å². The van der Waals surface area contributed by atoms with E-state index in [9.17, 15) is 0 Å². The molecule has 0 amide bonds. The lowest BCUT2D eigenvalue weighted by molar-refractivity contribution is 0.340. The van der Waals surface area contributed by atoms with Crippen molar-refractivity contribution in [3.63, 3.8) is 0 Å². The van der Waals surface area contributed by atoms with Gasteiger partial charge in [0.1, 0.15) is 5.75 Å². The summed E-state index contributed by atoms with van der Waals surface area (Å²) >= 11 is 0. The highest BCUT2D eigenvalue weighted by Crippen LogP contribution is 2.24. The Hall–Kier alpha value is -3.00. The van der Waals surface area contributed by atoms with Crippen LogP contribution in [0.1, 0.15) is 32.6 Å². The Kier molecular flexibility index (Phi) is 5.48. The number of benzene rings is 1. The van der Waals surface area contributed by atoms with Gasteiger partial charge in [0.05, 0.1) is 6.61 Å². The van der Waals surface area contributed by atoms with E-state index in [4.69, 9.17) is 10.5 Å². The maximum atomic E-state index is 5.98. The number of fused-ring (bicyclic) bond motifs is 1. The molecule has 1 saturated carbocycles. The topological polar surface area (TPSA) is 103 Å². The van der Waals surface area contributed by atoms with Gasteiger partial charge >= 0.3 is 0 Å². The molecule has 8 nitrogen and oxygen atoms in total. The lowest BCUT2D eigenvalue weighted by Crippen LogP contribution is -2.26. The molecule has 1 aliphatic carbocycles. The van der Waals surface area contributed by atoms with E-state index in [2.05, 4.69) is 25.4 Å². The first-order chi connectivity index (χ1) is 13.7. The second-order valence-electron chi connectivity index (χ2n) is 6.99. The molecule has 0 unspecified atom stereocenters. The van der Waals surface area contributed by atoms with Gasteiger partial charge in [0.2, 0.25) is 0 Å². The highest BCUT2D eigenvalue weighted by Gasteiger charge is 2.17. The van der Waals surface area contributed by atoms with Gasteiger partial charge in [-0.2, -0.15) is 4.98 Å². The lowest BCUT2D eigenvalue weighted by Gasteiger charge is -2.22. The Morgan fingerprint density at radius 3 is 2.79 bits per heavy atom. The monoisotopic (exact) mass is 379 g/mol. The first-order valence-corrected chi connectivity index (χ1v) is 9.72. The molecule has 0 radical (unpaired) electrons. The smallest absolute Gasteiger partial charge is 0.268 e. The summed E-state index contributed by atoms with van der Waals surface area (Å²) in [6, 6.07) is 8.06. The average Bonchev–Trinajstić information content (AvgIpc) is 3.18. The Morgan fingerprint density at radius 2 is 2.04 bits per heavy atom. The van der Waals surface area contributed by atoms with Crippen molar-refractivity contribution in [2.24, 2.45) is 16.6 Å². The Morgan fingerprint density at radius 1 is 1.25 bits per heavy atom. The van der Waals surface area contributed by atoms with Crippen molar-refractivity contribution >= 4 is 29.3 Å². The van der Waals surface area contributed by atoms with Crippen LogP contribution in [0.4, 0.5) is 17.5 Å². The predicted molar refractivity (Wildman–Crippen MR) is 110 cm³/mol. The first-order valence-electron chi connectivity index (χ1n) is 9.72. The first kappa shape index (κ1) is 18.4. The number of hydrogen-bond donors (Lipinski definition) is 2. The number of aliphatic imine (C=N–C) groups is 1. The van der Waals surface area contributed by atoms with Crippen molar-refractivity contribution in [2.75, 3.05) is 11.9 Å². The van der Waals surface area contributed by atoms with Crippen LogP contribution in [-0.4, -0.2) is 38.4 Å². The van der Waals surface area contributed by atoms with Crippen LogP contribution >= 0.6 is 0 Å². The number of nitrogens with one attached hydrogen (secondary N) is 1. The molecule has 28 heavy (non-hydrogen) atoms. The van der Waals surface area contributed by atoms with Gasteiger partial charge in [-0.1, -0.05) is 0 Å². The zero-order valence-electron chi connectivity index (χ0n) is 16.0. The molecular weight excluding hydrogens is 354 g/mol. The fourth-order valence-electron chi connectivity index (χ4n) is 3.36. The number of imidazole rings is 1. The molecule has 2 aromatic heterocycles. The Balaban J connectivity index is 1.55. The molecule has 3 N–H and O–H groups in total. The molecule has 0 atom stereocenters. The maximum Gasteiger partial charge on any atom is 0.268 e. The molecular formula is C20H25N7O. The highest BCUT2D eigenvalue weighted by molar-refractivity contribution is 5.71. The van der Waals surface area contributed by atoms with Crippen molar-refractivity contribution in [1.82, 2.24) is 19.6 Å². The standard InChI is InChI=1S/C20H25N7O/c1-2-28-17-9-7-16(8-10-17)24-18-19-22-11-12-27(19)26-20(25-18)23-13-14-3-5-15(21)6-4-14/h7-15H,2-6,21H2,1H3,(H,24,25,26)/b23-13-. The summed E-state index contributed by atoms with van der Waals surface area (Å²) in [6.45, 7) is 2.60. The van der Waals surface area contributed by atoms with Crippen LogP contribution in [0.2, 0.25) is 0 Å². The molecule has 4 rings (SSSR count). The summed E-state index contributed by atoms with van der Waals surface area (Å²) in [7, 11) is 0. The SMILES string of the molecule is CCOc1ccc(Nc2nc(/N=C\C3CCC(N)CC3)nn3ccnc23)cc1. The predicted octanol–water partition coefficient (Wildman–Crippen LogP) is 3.49. The summed E-state index contributed by atoms with van der Waals surface area (Å²) in [5.41, 5.74) is 7.52. The van der Waals surface area contributed by atoms with E-state index in [1.54, 1.807) is 16.9 Å². The summed E-state index contributed by atoms with van der Waals surface area (Å²) in [4.78, 5) is 13.4. The minimum Gasteiger partial charge on any atom is -0.494 e.